The first-order chi connectivity index (χ1) is 20.0. The second kappa shape index (κ2) is 12.3. The van der Waals surface area contributed by atoms with Gasteiger partial charge in [-0.25, -0.2) is 0 Å². The topological polar surface area (TPSA) is 214 Å². The molecule has 0 radical (unpaired) electrons. The molecule has 3 aliphatic heterocycles. The third kappa shape index (κ3) is 5.77. The minimum Gasteiger partial charge on any atom is -0.507 e. The lowest BCUT2D eigenvalue weighted by Crippen LogP contribution is -2.64. The molecule has 0 unspecified atom stereocenters. The SMILES string of the molecule is COc1ccc([C@H]2CC(=O)c3c(O)cc(O[C@@H]4O[C@H](CO)[C@@H](O)[C@H](O)[C@H]4O[C@@H]4O[C@@H](C)[C@H](O)[C@@H](O)[C@H]4O)cc3O2)cc1. The zero-order valence-corrected chi connectivity index (χ0v) is 22.7. The van der Waals surface area contributed by atoms with Gasteiger partial charge in [0.25, 0.3) is 0 Å². The molecule has 2 fully saturated rings. The summed E-state index contributed by atoms with van der Waals surface area (Å²) in [5.41, 5.74) is 0.647. The molecule has 0 saturated carbocycles. The highest BCUT2D eigenvalue weighted by atomic mass is 16.8. The number of phenolic OH excluding ortho intramolecular Hbond substituents is 1. The van der Waals surface area contributed by atoms with Crippen molar-refractivity contribution in [3.05, 3.63) is 47.5 Å². The third-order valence-corrected chi connectivity index (χ3v) is 7.64. The minimum atomic E-state index is -1.74. The van der Waals surface area contributed by atoms with Gasteiger partial charge in [0.2, 0.25) is 6.29 Å². The van der Waals surface area contributed by atoms with Crippen molar-refractivity contribution >= 4 is 5.78 Å². The Morgan fingerprint density at radius 1 is 0.881 bits per heavy atom. The summed E-state index contributed by atoms with van der Waals surface area (Å²) in [4.78, 5) is 12.9. The van der Waals surface area contributed by atoms with Gasteiger partial charge in [0.15, 0.2) is 18.2 Å². The maximum Gasteiger partial charge on any atom is 0.229 e. The van der Waals surface area contributed by atoms with E-state index in [2.05, 4.69) is 0 Å². The monoisotopic (exact) mass is 594 g/mol. The van der Waals surface area contributed by atoms with Crippen LogP contribution in [-0.2, 0) is 14.2 Å². The first-order valence-electron chi connectivity index (χ1n) is 13.4. The maximum absolute atomic E-state index is 12.9. The van der Waals surface area contributed by atoms with Crippen LogP contribution in [0.2, 0.25) is 0 Å². The van der Waals surface area contributed by atoms with Crippen LogP contribution in [-0.4, -0.2) is 117 Å². The fraction of sp³-hybridized carbons (Fsp3) is 0.536. The van der Waals surface area contributed by atoms with Crippen LogP contribution in [0.15, 0.2) is 36.4 Å². The molecule has 2 saturated heterocycles. The van der Waals surface area contributed by atoms with Gasteiger partial charge in [-0.2, -0.15) is 0 Å². The summed E-state index contributed by atoms with van der Waals surface area (Å²) in [5.74, 6) is -0.244. The molecule has 3 aliphatic rings. The van der Waals surface area contributed by atoms with Gasteiger partial charge >= 0.3 is 0 Å². The van der Waals surface area contributed by atoms with E-state index in [0.717, 1.165) is 6.07 Å². The van der Waals surface area contributed by atoms with Crippen molar-refractivity contribution in [1.82, 2.24) is 0 Å². The van der Waals surface area contributed by atoms with Gasteiger partial charge in [0.1, 0.15) is 71.3 Å². The molecule has 2 aromatic rings. The first-order valence-corrected chi connectivity index (χ1v) is 13.4. The van der Waals surface area contributed by atoms with Gasteiger partial charge in [-0.15, -0.1) is 0 Å². The van der Waals surface area contributed by atoms with Gasteiger partial charge in [-0.05, 0) is 24.6 Å². The molecule has 0 aromatic heterocycles. The number of rotatable bonds is 7. The Bertz CT molecular complexity index is 1250. The van der Waals surface area contributed by atoms with Crippen LogP contribution in [0, 0.1) is 0 Å². The van der Waals surface area contributed by atoms with Gasteiger partial charge in [0.05, 0.1) is 26.2 Å². The van der Waals surface area contributed by atoms with Gasteiger partial charge in [-0.1, -0.05) is 12.1 Å². The number of methoxy groups -OCH3 is 1. The summed E-state index contributed by atoms with van der Waals surface area (Å²) in [7, 11) is 1.53. The molecular formula is C28H34O14. The number of carbonyl (C=O) groups is 1. The Hall–Kier alpha value is -3.05. The van der Waals surface area contributed by atoms with Crippen LogP contribution in [0.25, 0.3) is 0 Å². The van der Waals surface area contributed by atoms with E-state index in [1.54, 1.807) is 24.3 Å². The van der Waals surface area contributed by atoms with Gasteiger partial charge < -0.3 is 64.2 Å². The maximum atomic E-state index is 12.9. The number of ketones is 1. The Kier molecular flexibility index (Phi) is 8.89. The van der Waals surface area contributed by atoms with E-state index in [0.29, 0.717) is 11.3 Å². The van der Waals surface area contributed by atoms with Crippen LogP contribution >= 0.6 is 0 Å². The number of hydrogen-bond acceptors (Lipinski definition) is 14. The first kappa shape index (κ1) is 30.4. The molecule has 0 aliphatic carbocycles. The second-order valence-corrected chi connectivity index (χ2v) is 10.4. The predicted molar refractivity (Wildman–Crippen MR) is 139 cm³/mol. The van der Waals surface area contributed by atoms with Crippen molar-refractivity contribution in [2.45, 2.75) is 80.9 Å². The summed E-state index contributed by atoms with van der Waals surface area (Å²) in [5, 5.41) is 72.3. The summed E-state index contributed by atoms with van der Waals surface area (Å²) in [6.07, 6.45) is -15.8. The number of carbonyl (C=O) groups excluding carboxylic acids is 1. The second-order valence-electron chi connectivity index (χ2n) is 10.4. The van der Waals surface area contributed by atoms with Gasteiger partial charge in [-0.3, -0.25) is 4.79 Å². The average Bonchev–Trinajstić information content (AvgIpc) is 2.97. The van der Waals surface area contributed by atoms with Crippen molar-refractivity contribution in [1.29, 1.82) is 0 Å². The van der Waals surface area contributed by atoms with E-state index in [9.17, 15) is 40.5 Å². The molecule has 42 heavy (non-hydrogen) atoms. The van der Waals surface area contributed by atoms with Crippen molar-refractivity contribution in [3.8, 4) is 23.0 Å². The number of aliphatic hydroxyl groups excluding tert-OH is 6. The minimum absolute atomic E-state index is 0.0200. The van der Waals surface area contributed by atoms with E-state index in [1.165, 1.54) is 20.1 Å². The number of ether oxygens (including phenoxy) is 6. The summed E-state index contributed by atoms with van der Waals surface area (Å²) < 4.78 is 33.9. The Morgan fingerprint density at radius 3 is 2.26 bits per heavy atom. The quantitative estimate of drug-likeness (QED) is 0.208. The number of benzene rings is 2. The summed E-state index contributed by atoms with van der Waals surface area (Å²) >= 11 is 0. The largest absolute Gasteiger partial charge is 0.507 e. The Balaban J connectivity index is 1.40. The molecule has 0 amide bonds. The lowest BCUT2D eigenvalue weighted by Gasteiger charge is -2.45. The molecule has 0 spiro atoms. The highest BCUT2D eigenvalue weighted by Crippen LogP contribution is 2.43. The average molecular weight is 595 g/mol. The van der Waals surface area contributed by atoms with E-state index in [1.807, 2.05) is 0 Å². The third-order valence-electron chi connectivity index (χ3n) is 7.64. The molecular weight excluding hydrogens is 560 g/mol. The van der Waals surface area contributed by atoms with E-state index >= 15 is 0 Å². The number of hydrogen-bond donors (Lipinski definition) is 7. The van der Waals surface area contributed by atoms with Crippen LogP contribution in [0.3, 0.4) is 0 Å². The fourth-order valence-electron chi connectivity index (χ4n) is 5.20. The smallest absolute Gasteiger partial charge is 0.229 e. The summed E-state index contributed by atoms with van der Waals surface area (Å²) in [6.45, 7) is 0.733. The molecule has 7 N–H and O–H groups in total. The Morgan fingerprint density at radius 2 is 1.60 bits per heavy atom. The van der Waals surface area contributed by atoms with Crippen LogP contribution < -0.4 is 14.2 Å². The Labute approximate surface area is 240 Å². The number of aliphatic hydroxyl groups is 6. The highest BCUT2D eigenvalue weighted by Gasteiger charge is 2.51. The molecule has 11 atom stereocenters. The standard InChI is InChI=1S/C28H34O14/c1-11-21(32)23(34)25(36)27(38-11)42-26-24(35)22(33)19(10-29)41-28(26)39-14-7-15(30)20-16(31)9-17(40-18(20)8-14)12-3-5-13(37-2)6-4-12/h3-8,11,17,19,21-30,32-36H,9-10H2,1-2H3/t11-,17+,19+,21-,22+,23+,24-,25+,26+,27-,28+/m0/s1. The van der Waals surface area contributed by atoms with E-state index in [-0.39, 0.29) is 29.3 Å². The van der Waals surface area contributed by atoms with Gasteiger partial charge in [0, 0.05) is 12.1 Å². The van der Waals surface area contributed by atoms with Crippen molar-refractivity contribution < 1.29 is 69.0 Å². The lowest BCUT2D eigenvalue weighted by molar-refractivity contribution is -0.354. The fourth-order valence-corrected chi connectivity index (χ4v) is 5.20. The van der Waals surface area contributed by atoms with Crippen LogP contribution in [0.4, 0.5) is 0 Å². The molecule has 14 nitrogen and oxygen atoms in total. The number of Topliss-reactive ketones (excluding diaryl/α,β-unsaturated/α-hetero) is 1. The molecule has 230 valence electrons. The zero-order valence-electron chi connectivity index (χ0n) is 22.7. The van der Waals surface area contributed by atoms with E-state index in [4.69, 9.17) is 28.4 Å². The predicted octanol–water partition coefficient (Wildman–Crippen LogP) is -0.862. The molecule has 3 heterocycles. The number of aromatic hydroxyl groups is 1. The normalized spacial score (nSPS) is 36.6. The highest BCUT2D eigenvalue weighted by molar-refractivity contribution is 6.02. The molecule has 5 rings (SSSR count). The molecule has 2 aromatic carbocycles. The number of fused-ring (bicyclic) bond motifs is 1. The van der Waals surface area contributed by atoms with Crippen molar-refractivity contribution in [2.75, 3.05) is 13.7 Å². The zero-order chi connectivity index (χ0) is 30.3. The number of phenols is 1. The van der Waals surface area contributed by atoms with Crippen molar-refractivity contribution in [2.24, 2.45) is 0 Å². The van der Waals surface area contributed by atoms with Crippen molar-refractivity contribution in [3.63, 3.8) is 0 Å². The van der Waals surface area contributed by atoms with Crippen LogP contribution in [0.5, 0.6) is 23.0 Å². The van der Waals surface area contributed by atoms with E-state index < -0.39 is 79.9 Å². The summed E-state index contributed by atoms with van der Waals surface area (Å²) in [6, 6.07) is 9.42. The molecule has 14 heteroatoms. The lowest BCUT2D eigenvalue weighted by atomic mass is 9.95. The van der Waals surface area contributed by atoms with Crippen LogP contribution in [0.1, 0.15) is 35.4 Å². The molecule has 0 bridgehead atoms.